The monoisotopic (exact) mass is 262 g/mol. The molecular weight excluding hydrogens is 232 g/mol. The van der Waals surface area contributed by atoms with Crippen molar-refractivity contribution in [3.63, 3.8) is 0 Å². The van der Waals surface area contributed by atoms with Gasteiger partial charge in [0.1, 0.15) is 0 Å². The zero-order valence-corrected chi connectivity index (χ0v) is 13.5. The topological polar surface area (TPSA) is 0 Å². The maximum atomic E-state index is 2.39. The first-order valence-corrected chi connectivity index (χ1v) is 8.92. The van der Waals surface area contributed by atoms with Crippen molar-refractivity contribution in [3.05, 3.63) is 0 Å². The van der Waals surface area contributed by atoms with Gasteiger partial charge in [0.15, 0.2) is 0 Å². The SMILES string of the molecule is CCCCSCC(SCCCC)C(C)(C)C. The van der Waals surface area contributed by atoms with E-state index in [2.05, 4.69) is 58.1 Å². The molecular formula is C14H30S2. The van der Waals surface area contributed by atoms with Crippen molar-refractivity contribution in [3.8, 4) is 0 Å². The van der Waals surface area contributed by atoms with E-state index in [4.69, 9.17) is 0 Å². The van der Waals surface area contributed by atoms with Gasteiger partial charge in [0.25, 0.3) is 0 Å². The summed E-state index contributed by atoms with van der Waals surface area (Å²) in [6, 6.07) is 0. The van der Waals surface area contributed by atoms with E-state index in [9.17, 15) is 0 Å². The van der Waals surface area contributed by atoms with Crippen LogP contribution in [0.25, 0.3) is 0 Å². The summed E-state index contributed by atoms with van der Waals surface area (Å²) in [5.74, 6) is 4.02. The molecule has 0 aromatic heterocycles. The largest absolute Gasteiger partial charge is 0.161 e. The fourth-order valence-corrected chi connectivity index (χ4v) is 4.64. The third kappa shape index (κ3) is 8.81. The number of unbranched alkanes of at least 4 members (excludes halogenated alkanes) is 2. The van der Waals surface area contributed by atoms with E-state index >= 15 is 0 Å². The van der Waals surface area contributed by atoms with E-state index in [1.165, 1.54) is 42.9 Å². The van der Waals surface area contributed by atoms with Crippen molar-refractivity contribution in [2.45, 2.75) is 65.6 Å². The van der Waals surface area contributed by atoms with Gasteiger partial charge in [0, 0.05) is 11.0 Å². The molecule has 2 heteroatoms. The molecule has 0 amide bonds. The van der Waals surface area contributed by atoms with E-state index < -0.39 is 0 Å². The Labute approximate surface area is 112 Å². The van der Waals surface area contributed by atoms with E-state index in [1.807, 2.05) is 0 Å². The molecule has 1 unspecified atom stereocenters. The maximum Gasteiger partial charge on any atom is 0.0186 e. The molecule has 0 spiro atoms. The Hall–Kier alpha value is 0.700. The number of thioether (sulfide) groups is 2. The predicted molar refractivity (Wildman–Crippen MR) is 82.8 cm³/mol. The summed E-state index contributed by atoms with van der Waals surface area (Å²) in [5, 5.41) is 0.820. The molecule has 1 atom stereocenters. The lowest BCUT2D eigenvalue weighted by atomic mass is 9.93. The Morgan fingerprint density at radius 2 is 1.50 bits per heavy atom. The van der Waals surface area contributed by atoms with Crippen LogP contribution in [0, 0.1) is 5.41 Å². The van der Waals surface area contributed by atoms with Gasteiger partial charge >= 0.3 is 0 Å². The quantitative estimate of drug-likeness (QED) is 0.505. The Morgan fingerprint density at radius 1 is 0.938 bits per heavy atom. The van der Waals surface area contributed by atoms with Crippen molar-refractivity contribution in [2.75, 3.05) is 17.3 Å². The van der Waals surface area contributed by atoms with Crippen LogP contribution in [-0.4, -0.2) is 22.5 Å². The van der Waals surface area contributed by atoms with Crippen molar-refractivity contribution >= 4 is 23.5 Å². The highest BCUT2D eigenvalue weighted by molar-refractivity contribution is 8.03. The smallest absolute Gasteiger partial charge is 0.0186 e. The third-order valence-corrected chi connectivity index (χ3v) is 5.85. The highest BCUT2D eigenvalue weighted by Crippen LogP contribution is 2.33. The molecule has 0 aromatic rings. The van der Waals surface area contributed by atoms with Gasteiger partial charge < -0.3 is 0 Å². The van der Waals surface area contributed by atoms with E-state index in [0.717, 1.165) is 5.25 Å². The van der Waals surface area contributed by atoms with Crippen molar-refractivity contribution in [1.82, 2.24) is 0 Å². The van der Waals surface area contributed by atoms with Gasteiger partial charge in [-0.15, -0.1) is 0 Å². The first-order valence-electron chi connectivity index (χ1n) is 6.71. The molecule has 16 heavy (non-hydrogen) atoms. The highest BCUT2D eigenvalue weighted by atomic mass is 32.2. The first-order chi connectivity index (χ1) is 7.52. The summed E-state index contributed by atoms with van der Waals surface area (Å²) in [4.78, 5) is 0. The van der Waals surface area contributed by atoms with Crippen LogP contribution in [-0.2, 0) is 0 Å². The minimum absolute atomic E-state index is 0.456. The highest BCUT2D eigenvalue weighted by Gasteiger charge is 2.24. The molecule has 0 saturated heterocycles. The molecule has 0 N–H and O–H groups in total. The minimum Gasteiger partial charge on any atom is -0.161 e. The standard InChI is InChI=1S/C14H30S2/c1-6-8-10-15-12-13(14(3,4)5)16-11-9-7-2/h13H,6-12H2,1-5H3. The second-order valence-electron chi connectivity index (χ2n) is 5.51. The molecule has 0 rings (SSSR count). The van der Waals surface area contributed by atoms with Crippen molar-refractivity contribution < 1.29 is 0 Å². The summed E-state index contributed by atoms with van der Waals surface area (Å²) < 4.78 is 0. The molecule has 0 aromatic carbocycles. The van der Waals surface area contributed by atoms with Gasteiger partial charge in [0.05, 0.1) is 0 Å². The van der Waals surface area contributed by atoms with E-state index in [-0.39, 0.29) is 0 Å². The Balaban J connectivity index is 3.82. The fourth-order valence-electron chi connectivity index (χ4n) is 1.35. The van der Waals surface area contributed by atoms with Crippen LogP contribution in [0.4, 0.5) is 0 Å². The van der Waals surface area contributed by atoms with Crippen LogP contribution in [0.3, 0.4) is 0 Å². The van der Waals surface area contributed by atoms with Gasteiger partial charge in [-0.25, -0.2) is 0 Å². The van der Waals surface area contributed by atoms with Gasteiger partial charge in [0.2, 0.25) is 0 Å². The second-order valence-corrected chi connectivity index (χ2v) is 7.97. The molecule has 0 radical (unpaired) electrons. The summed E-state index contributed by atoms with van der Waals surface area (Å²) in [6.45, 7) is 11.7. The number of rotatable bonds is 9. The number of hydrogen-bond acceptors (Lipinski definition) is 2. The molecule has 0 bridgehead atoms. The zero-order chi connectivity index (χ0) is 12.4. The molecule has 0 aliphatic rings. The lowest BCUT2D eigenvalue weighted by Gasteiger charge is -2.30. The summed E-state index contributed by atoms with van der Waals surface area (Å²) in [6.07, 6.45) is 5.40. The molecule has 0 aliphatic heterocycles. The van der Waals surface area contributed by atoms with Crippen LogP contribution in [0.2, 0.25) is 0 Å². The Bertz CT molecular complexity index is 149. The lowest BCUT2D eigenvalue weighted by molar-refractivity contribution is 0.414. The molecule has 98 valence electrons. The maximum absolute atomic E-state index is 2.39. The van der Waals surface area contributed by atoms with Gasteiger partial charge in [-0.1, -0.05) is 47.5 Å². The molecule has 0 aliphatic carbocycles. The predicted octanol–water partition coefficient (Wildman–Crippen LogP) is 5.47. The molecule has 0 nitrogen and oxygen atoms in total. The molecule has 0 fully saturated rings. The molecule has 0 saturated carbocycles. The second kappa shape index (κ2) is 9.70. The Morgan fingerprint density at radius 3 is 2.00 bits per heavy atom. The summed E-state index contributed by atoms with van der Waals surface area (Å²) >= 11 is 4.34. The van der Waals surface area contributed by atoms with Crippen molar-refractivity contribution in [2.24, 2.45) is 5.41 Å². The lowest BCUT2D eigenvalue weighted by Crippen LogP contribution is -2.26. The van der Waals surface area contributed by atoms with Crippen LogP contribution in [0.1, 0.15) is 60.3 Å². The summed E-state index contributed by atoms with van der Waals surface area (Å²) in [7, 11) is 0. The van der Waals surface area contributed by atoms with E-state index in [0.29, 0.717) is 5.41 Å². The molecule has 0 heterocycles. The summed E-state index contributed by atoms with van der Waals surface area (Å²) in [5.41, 5.74) is 0.456. The first kappa shape index (κ1) is 16.7. The van der Waals surface area contributed by atoms with Crippen LogP contribution < -0.4 is 0 Å². The average Bonchev–Trinajstić information content (AvgIpc) is 2.20. The average molecular weight is 263 g/mol. The normalized spacial score (nSPS) is 14.1. The van der Waals surface area contributed by atoms with Gasteiger partial charge in [-0.2, -0.15) is 23.5 Å². The van der Waals surface area contributed by atoms with Crippen molar-refractivity contribution in [1.29, 1.82) is 0 Å². The van der Waals surface area contributed by atoms with Crippen LogP contribution in [0.5, 0.6) is 0 Å². The third-order valence-electron chi connectivity index (χ3n) is 2.69. The zero-order valence-electron chi connectivity index (χ0n) is 11.8. The minimum atomic E-state index is 0.456. The van der Waals surface area contributed by atoms with Gasteiger partial charge in [-0.05, 0) is 29.8 Å². The fraction of sp³-hybridized carbons (Fsp3) is 1.00. The Kier molecular flexibility index (Phi) is 10.1. The van der Waals surface area contributed by atoms with Crippen LogP contribution >= 0.6 is 23.5 Å². The number of hydrogen-bond donors (Lipinski definition) is 0. The van der Waals surface area contributed by atoms with Crippen LogP contribution in [0.15, 0.2) is 0 Å². The van der Waals surface area contributed by atoms with Gasteiger partial charge in [-0.3, -0.25) is 0 Å². The van der Waals surface area contributed by atoms with E-state index in [1.54, 1.807) is 0 Å².